The third-order valence-corrected chi connectivity index (χ3v) is 4.26. The molecule has 120 valence electrons. The van der Waals surface area contributed by atoms with E-state index in [4.69, 9.17) is 4.74 Å². The van der Waals surface area contributed by atoms with Crippen LogP contribution in [-0.4, -0.2) is 18.7 Å². The van der Waals surface area contributed by atoms with Crippen LogP contribution in [0.3, 0.4) is 0 Å². The molecule has 21 heavy (non-hydrogen) atoms. The molecule has 0 radical (unpaired) electrons. The lowest BCUT2D eigenvalue weighted by Crippen LogP contribution is -2.42. The first-order valence-corrected chi connectivity index (χ1v) is 8.66. The van der Waals surface area contributed by atoms with Gasteiger partial charge in [-0.05, 0) is 43.4 Å². The van der Waals surface area contributed by atoms with E-state index in [9.17, 15) is 0 Å². The fourth-order valence-electron chi connectivity index (χ4n) is 2.82. The Bertz CT molecular complexity index is 385. The molecule has 1 rings (SSSR count). The minimum atomic E-state index is 0.245. The monoisotopic (exact) mass is 291 g/mol. The van der Waals surface area contributed by atoms with Gasteiger partial charge in [0, 0.05) is 6.04 Å². The van der Waals surface area contributed by atoms with Gasteiger partial charge >= 0.3 is 0 Å². The van der Waals surface area contributed by atoms with Crippen molar-refractivity contribution in [2.75, 3.05) is 6.54 Å². The lowest BCUT2D eigenvalue weighted by atomic mass is 9.97. The number of rotatable bonds is 10. The van der Waals surface area contributed by atoms with Crippen LogP contribution in [0.15, 0.2) is 24.3 Å². The van der Waals surface area contributed by atoms with Crippen molar-refractivity contribution in [2.24, 2.45) is 0 Å². The molecule has 0 aliphatic heterocycles. The standard InChI is InChI=1S/C19H33NO/c1-6-12-17(20-9-4)18(8-3)21-19-14-11-10-13-16(19)15(5)7-2/h10-11,13-15,17-18,20H,6-9,12H2,1-5H3. The van der Waals surface area contributed by atoms with Gasteiger partial charge in [-0.2, -0.15) is 0 Å². The van der Waals surface area contributed by atoms with Crippen molar-refractivity contribution in [3.63, 3.8) is 0 Å². The maximum absolute atomic E-state index is 6.42. The van der Waals surface area contributed by atoms with Crippen LogP contribution in [0.5, 0.6) is 5.75 Å². The summed E-state index contributed by atoms with van der Waals surface area (Å²) in [6, 6.07) is 8.96. The molecular formula is C19H33NO. The highest BCUT2D eigenvalue weighted by atomic mass is 16.5. The zero-order valence-corrected chi connectivity index (χ0v) is 14.5. The summed E-state index contributed by atoms with van der Waals surface area (Å²) in [6.45, 7) is 12.1. The van der Waals surface area contributed by atoms with E-state index in [1.165, 1.54) is 12.0 Å². The number of hydrogen-bond donors (Lipinski definition) is 1. The van der Waals surface area contributed by atoms with Gasteiger partial charge in [-0.3, -0.25) is 0 Å². The average Bonchev–Trinajstić information content (AvgIpc) is 2.52. The van der Waals surface area contributed by atoms with Gasteiger partial charge in [-0.25, -0.2) is 0 Å². The predicted molar refractivity (Wildman–Crippen MR) is 92.2 cm³/mol. The molecule has 0 fully saturated rings. The van der Waals surface area contributed by atoms with Crippen molar-refractivity contribution >= 4 is 0 Å². The van der Waals surface area contributed by atoms with Crippen LogP contribution in [0.25, 0.3) is 0 Å². The summed E-state index contributed by atoms with van der Waals surface area (Å²) < 4.78 is 6.42. The second kappa shape index (κ2) is 9.83. The maximum Gasteiger partial charge on any atom is 0.123 e. The molecule has 2 nitrogen and oxygen atoms in total. The van der Waals surface area contributed by atoms with Gasteiger partial charge in [0.05, 0.1) is 0 Å². The molecule has 0 heterocycles. The minimum absolute atomic E-state index is 0.245. The fraction of sp³-hybridized carbons (Fsp3) is 0.684. The van der Waals surface area contributed by atoms with Gasteiger partial charge in [-0.15, -0.1) is 0 Å². The molecule has 0 aliphatic carbocycles. The van der Waals surface area contributed by atoms with Crippen molar-refractivity contribution in [1.82, 2.24) is 5.32 Å². The second-order valence-electron chi connectivity index (χ2n) is 5.86. The number of hydrogen-bond acceptors (Lipinski definition) is 2. The Hall–Kier alpha value is -1.02. The molecule has 3 atom stereocenters. The Morgan fingerprint density at radius 3 is 2.33 bits per heavy atom. The Labute approximate surface area is 131 Å². The number of benzene rings is 1. The first-order chi connectivity index (χ1) is 10.2. The number of para-hydroxylation sites is 1. The average molecular weight is 291 g/mol. The van der Waals surface area contributed by atoms with E-state index in [0.29, 0.717) is 12.0 Å². The Balaban J connectivity index is 2.89. The molecule has 0 spiro atoms. The molecule has 0 aliphatic rings. The van der Waals surface area contributed by atoms with Crippen LogP contribution in [0.1, 0.15) is 71.8 Å². The second-order valence-corrected chi connectivity index (χ2v) is 5.86. The molecule has 1 aromatic carbocycles. The van der Waals surface area contributed by atoms with E-state index < -0.39 is 0 Å². The van der Waals surface area contributed by atoms with Crippen molar-refractivity contribution in [2.45, 2.75) is 78.4 Å². The molecule has 1 aromatic rings. The minimum Gasteiger partial charge on any atom is -0.489 e. The lowest BCUT2D eigenvalue weighted by Gasteiger charge is -2.29. The summed E-state index contributed by atoms with van der Waals surface area (Å²) in [6.07, 6.45) is 4.77. The van der Waals surface area contributed by atoms with Gasteiger partial charge in [-0.1, -0.05) is 59.2 Å². The van der Waals surface area contributed by atoms with Crippen molar-refractivity contribution in [3.05, 3.63) is 29.8 Å². The summed E-state index contributed by atoms with van der Waals surface area (Å²) in [5.74, 6) is 1.61. The van der Waals surface area contributed by atoms with E-state index in [2.05, 4.69) is 64.2 Å². The van der Waals surface area contributed by atoms with Crippen LogP contribution >= 0.6 is 0 Å². The molecule has 2 heteroatoms. The summed E-state index contributed by atoms with van der Waals surface area (Å²) in [4.78, 5) is 0. The van der Waals surface area contributed by atoms with Gasteiger partial charge in [0.1, 0.15) is 11.9 Å². The van der Waals surface area contributed by atoms with Gasteiger partial charge < -0.3 is 10.1 Å². The smallest absolute Gasteiger partial charge is 0.123 e. The third-order valence-electron chi connectivity index (χ3n) is 4.26. The Morgan fingerprint density at radius 1 is 1.05 bits per heavy atom. The Kier molecular flexibility index (Phi) is 8.44. The largest absolute Gasteiger partial charge is 0.489 e. The third kappa shape index (κ3) is 5.35. The fourth-order valence-corrected chi connectivity index (χ4v) is 2.82. The van der Waals surface area contributed by atoms with E-state index in [1.54, 1.807) is 0 Å². The van der Waals surface area contributed by atoms with Crippen LogP contribution in [-0.2, 0) is 0 Å². The molecule has 3 unspecified atom stereocenters. The van der Waals surface area contributed by atoms with Crippen molar-refractivity contribution in [1.29, 1.82) is 0 Å². The summed E-state index contributed by atoms with van der Waals surface area (Å²) >= 11 is 0. The van der Waals surface area contributed by atoms with Crippen molar-refractivity contribution < 1.29 is 4.74 Å². The van der Waals surface area contributed by atoms with Gasteiger partial charge in [0.2, 0.25) is 0 Å². The quantitative estimate of drug-likeness (QED) is 0.645. The molecule has 0 amide bonds. The summed E-state index contributed by atoms with van der Waals surface area (Å²) in [5.41, 5.74) is 1.34. The van der Waals surface area contributed by atoms with Crippen LogP contribution in [0, 0.1) is 0 Å². The van der Waals surface area contributed by atoms with Gasteiger partial charge in [0.25, 0.3) is 0 Å². The zero-order valence-electron chi connectivity index (χ0n) is 14.5. The lowest BCUT2D eigenvalue weighted by molar-refractivity contribution is 0.141. The topological polar surface area (TPSA) is 21.3 Å². The zero-order chi connectivity index (χ0) is 15.7. The van der Waals surface area contributed by atoms with Gasteiger partial charge in [0.15, 0.2) is 0 Å². The molecule has 0 saturated heterocycles. The number of likely N-dealkylation sites (N-methyl/N-ethyl adjacent to an activating group) is 1. The highest BCUT2D eigenvalue weighted by Crippen LogP contribution is 2.30. The summed E-state index contributed by atoms with van der Waals surface area (Å²) in [5, 5.41) is 3.59. The van der Waals surface area contributed by atoms with Crippen molar-refractivity contribution in [3.8, 4) is 5.75 Å². The SMILES string of the molecule is CCCC(NCC)C(CC)Oc1ccccc1C(C)CC. The first-order valence-electron chi connectivity index (χ1n) is 8.66. The molecule has 0 saturated carbocycles. The molecule has 1 N–H and O–H groups in total. The highest BCUT2D eigenvalue weighted by Gasteiger charge is 2.21. The molecule has 0 bridgehead atoms. The Morgan fingerprint density at radius 2 is 1.76 bits per heavy atom. The predicted octanol–water partition coefficient (Wildman–Crippen LogP) is 5.14. The number of ether oxygens (including phenoxy) is 1. The molecule has 0 aromatic heterocycles. The van der Waals surface area contributed by atoms with E-state index in [1.807, 2.05) is 0 Å². The highest BCUT2D eigenvalue weighted by molar-refractivity contribution is 5.36. The van der Waals surface area contributed by atoms with Crippen LogP contribution in [0.4, 0.5) is 0 Å². The van der Waals surface area contributed by atoms with Crippen LogP contribution < -0.4 is 10.1 Å². The maximum atomic E-state index is 6.42. The normalized spacial score (nSPS) is 15.5. The van der Waals surface area contributed by atoms with E-state index in [0.717, 1.165) is 31.6 Å². The van der Waals surface area contributed by atoms with Crippen LogP contribution in [0.2, 0.25) is 0 Å². The van der Waals surface area contributed by atoms with E-state index in [-0.39, 0.29) is 6.10 Å². The first kappa shape index (κ1) is 18.0. The number of nitrogens with one attached hydrogen (secondary N) is 1. The van der Waals surface area contributed by atoms with E-state index >= 15 is 0 Å². The summed E-state index contributed by atoms with van der Waals surface area (Å²) in [7, 11) is 0. The molecular weight excluding hydrogens is 258 g/mol.